The van der Waals surface area contributed by atoms with Gasteiger partial charge in [-0.3, -0.25) is 0 Å². The van der Waals surface area contributed by atoms with Crippen LogP contribution in [-0.4, -0.2) is 39.7 Å². The van der Waals surface area contributed by atoms with E-state index in [0.29, 0.717) is 40.4 Å². The Morgan fingerprint density at radius 3 is 2.52 bits per heavy atom. The minimum absolute atomic E-state index is 0.0534. The van der Waals surface area contributed by atoms with Crippen LogP contribution in [0.25, 0.3) is 16.8 Å². The Kier molecular flexibility index (Phi) is 5.71. The molecule has 0 radical (unpaired) electrons. The zero-order valence-electron chi connectivity index (χ0n) is 15.5. The van der Waals surface area contributed by atoms with Crippen LogP contribution in [0, 0.1) is 5.41 Å². The fraction of sp³-hybridized carbons (Fsp3) is 0.350. The van der Waals surface area contributed by atoms with Crippen LogP contribution in [-0.2, 0) is 0 Å². The molecule has 1 fully saturated rings. The first-order valence-corrected chi connectivity index (χ1v) is 9.02. The molecular weight excluding hydrogens is 342 g/mol. The summed E-state index contributed by atoms with van der Waals surface area (Å²) >= 11 is 0. The van der Waals surface area contributed by atoms with Crippen molar-refractivity contribution in [2.24, 2.45) is 5.73 Å². The highest BCUT2D eigenvalue weighted by Crippen LogP contribution is 2.30. The summed E-state index contributed by atoms with van der Waals surface area (Å²) in [5, 5.41) is 29.5. The molecule has 5 N–H and O–H groups in total. The van der Waals surface area contributed by atoms with E-state index in [1.165, 1.54) is 6.20 Å². The molecular formula is C20H25N5O2. The smallest absolute Gasteiger partial charge is 0.233 e. The van der Waals surface area contributed by atoms with Gasteiger partial charge in [-0.2, -0.15) is 0 Å². The van der Waals surface area contributed by atoms with Crippen LogP contribution >= 0.6 is 0 Å². The molecule has 0 amide bonds. The van der Waals surface area contributed by atoms with Crippen molar-refractivity contribution in [3.8, 4) is 22.9 Å². The second-order valence-electron chi connectivity index (χ2n) is 6.94. The number of benzene rings is 1. The van der Waals surface area contributed by atoms with Crippen molar-refractivity contribution >= 4 is 11.8 Å². The molecule has 2 unspecified atom stereocenters. The van der Waals surface area contributed by atoms with Crippen LogP contribution in [0.3, 0.4) is 0 Å². The zero-order chi connectivity index (χ0) is 19.4. The lowest BCUT2D eigenvalue weighted by molar-refractivity contribution is 0.117. The maximum atomic E-state index is 10.3. The summed E-state index contributed by atoms with van der Waals surface area (Å²) in [6.07, 6.45) is 4.45. The number of nitrogens with one attached hydrogen (secondary N) is 2. The van der Waals surface area contributed by atoms with Gasteiger partial charge in [0.1, 0.15) is 11.9 Å². The van der Waals surface area contributed by atoms with E-state index in [-0.39, 0.29) is 11.9 Å². The van der Waals surface area contributed by atoms with E-state index in [2.05, 4.69) is 29.4 Å². The summed E-state index contributed by atoms with van der Waals surface area (Å²) < 4.78 is 5.97. The molecule has 7 heteroatoms. The van der Waals surface area contributed by atoms with Gasteiger partial charge in [0.2, 0.25) is 5.88 Å². The second-order valence-corrected chi connectivity index (χ2v) is 6.94. The van der Waals surface area contributed by atoms with Crippen molar-refractivity contribution in [1.82, 2.24) is 15.5 Å². The lowest BCUT2D eigenvalue weighted by atomic mass is 9.98. The summed E-state index contributed by atoms with van der Waals surface area (Å²) in [6, 6.07) is 9.45. The highest BCUT2D eigenvalue weighted by Gasteiger charge is 2.25. The summed E-state index contributed by atoms with van der Waals surface area (Å²) in [6.45, 7) is 4.30. The highest BCUT2D eigenvalue weighted by atomic mass is 16.5. The van der Waals surface area contributed by atoms with Crippen molar-refractivity contribution in [3.05, 3.63) is 42.1 Å². The molecule has 1 aliphatic heterocycles. The standard InChI is InChI=1S/C20H25N5O2/c1-12-7-16(8-13(2)23-12)27-20-6-5-18(24-25-20)17-4-3-14(9-19(17)26)15(10-21)11-22/h3-6,9-13,16,21,23,26H,7-8,22H2,1-2H3/b15-11+,21-10?. The van der Waals surface area contributed by atoms with Gasteiger partial charge >= 0.3 is 0 Å². The Labute approximate surface area is 158 Å². The molecule has 27 heavy (non-hydrogen) atoms. The van der Waals surface area contributed by atoms with E-state index in [9.17, 15) is 5.11 Å². The van der Waals surface area contributed by atoms with Gasteiger partial charge in [-0.25, -0.2) is 0 Å². The normalized spacial score (nSPS) is 23.0. The molecule has 1 saturated heterocycles. The van der Waals surface area contributed by atoms with Crippen LogP contribution in [0.4, 0.5) is 0 Å². The van der Waals surface area contributed by atoms with Gasteiger partial charge in [-0.1, -0.05) is 6.07 Å². The summed E-state index contributed by atoms with van der Waals surface area (Å²) in [5.41, 5.74) is 7.78. The monoisotopic (exact) mass is 367 g/mol. The van der Waals surface area contributed by atoms with E-state index >= 15 is 0 Å². The van der Waals surface area contributed by atoms with Crippen molar-refractivity contribution < 1.29 is 9.84 Å². The molecule has 1 aromatic carbocycles. The first kappa shape index (κ1) is 18.8. The van der Waals surface area contributed by atoms with E-state index in [1.54, 1.807) is 30.3 Å². The Morgan fingerprint density at radius 2 is 1.96 bits per heavy atom. The molecule has 0 saturated carbocycles. The van der Waals surface area contributed by atoms with Gasteiger partial charge in [0.05, 0.1) is 5.69 Å². The van der Waals surface area contributed by atoms with Crippen LogP contribution in [0.15, 0.2) is 36.5 Å². The number of aromatic hydroxyl groups is 1. The summed E-state index contributed by atoms with van der Waals surface area (Å²) in [5.74, 6) is 0.538. The number of hydrogen-bond donors (Lipinski definition) is 4. The average Bonchev–Trinajstić information content (AvgIpc) is 2.63. The molecule has 0 aliphatic carbocycles. The van der Waals surface area contributed by atoms with E-state index in [0.717, 1.165) is 19.1 Å². The van der Waals surface area contributed by atoms with Gasteiger partial charge in [-0.05, 0) is 50.5 Å². The molecule has 0 spiro atoms. The SMILES string of the molecule is CC1CC(Oc2ccc(-c3ccc(/C(C=N)=C/N)cc3O)nn2)CC(C)N1. The van der Waals surface area contributed by atoms with E-state index in [1.807, 2.05) is 0 Å². The third kappa shape index (κ3) is 4.43. The van der Waals surface area contributed by atoms with Crippen molar-refractivity contribution in [3.63, 3.8) is 0 Å². The number of piperidine rings is 1. The summed E-state index contributed by atoms with van der Waals surface area (Å²) in [7, 11) is 0. The number of hydrogen-bond acceptors (Lipinski definition) is 7. The fourth-order valence-electron chi connectivity index (χ4n) is 3.46. The fourth-order valence-corrected chi connectivity index (χ4v) is 3.46. The van der Waals surface area contributed by atoms with E-state index < -0.39 is 0 Å². The quantitative estimate of drug-likeness (QED) is 0.604. The molecule has 3 rings (SSSR count). The number of allylic oxidation sites excluding steroid dienone is 1. The molecule has 1 aliphatic rings. The number of phenolic OH excluding ortho intramolecular Hbond substituents is 1. The molecule has 0 bridgehead atoms. The second kappa shape index (κ2) is 8.18. The van der Waals surface area contributed by atoms with Gasteiger partial charge in [0.15, 0.2) is 0 Å². The molecule has 2 atom stereocenters. The lowest BCUT2D eigenvalue weighted by Crippen LogP contribution is -2.46. The molecule has 2 heterocycles. The third-order valence-corrected chi connectivity index (χ3v) is 4.67. The van der Waals surface area contributed by atoms with Crippen molar-refractivity contribution in [2.45, 2.75) is 44.9 Å². The first-order valence-electron chi connectivity index (χ1n) is 9.02. The van der Waals surface area contributed by atoms with Crippen LogP contribution < -0.4 is 15.8 Å². The number of phenols is 1. The molecule has 1 aromatic heterocycles. The number of nitrogens with zero attached hydrogens (tertiary/aromatic N) is 2. The highest BCUT2D eigenvalue weighted by molar-refractivity contribution is 6.08. The zero-order valence-corrected chi connectivity index (χ0v) is 15.5. The van der Waals surface area contributed by atoms with Crippen LogP contribution in [0.5, 0.6) is 11.6 Å². The predicted octanol–water partition coefficient (Wildman–Crippen LogP) is 2.71. The predicted molar refractivity (Wildman–Crippen MR) is 106 cm³/mol. The van der Waals surface area contributed by atoms with Gasteiger partial charge in [0.25, 0.3) is 0 Å². The Hall–Kier alpha value is -2.93. The van der Waals surface area contributed by atoms with Crippen LogP contribution in [0.2, 0.25) is 0 Å². The number of rotatable bonds is 5. The maximum Gasteiger partial charge on any atom is 0.233 e. The Bertz CT molecular complexity index is 825. The number of nitrogens with two attached hydrogens (primary N) is 1. The van der Waals surface area contributed by atoms with Gasteiger partial charge < -0.3 is 26.3 Å². The van der Waals surface area contributed by atoms with Crippen molar-refractivity contribution in [2.75, 3.05) is 0 Å². The molecule has 2 aromatic rings. The first-order chi connectivity index (χ1) is 13.0. The number of ether oxygens (including phenoxy) is 1. The van der Waals surface area contributed by atoms with Crippen molar-refractivity contribution in [1.29, 1.82) is 5.41 Å². The van der Waals surface area contributed by atoms with Gasteiger partial charge in [-0.15, -0.1) is 10.2 Å². The number of aromatic nitrogens is 2. The largest absolute Gasteiger partial charge is 0.507 e. The molecule has 7 nitrogen and oxygen atoms in total. The Balaban J connectivity index is 1.74. The average molecular weight is 367 g/mol. The van der Waals surface area contributed by atoms with Crippen LogP contribution in [0.1, 0.15) is 32.3 Å². The van der Waals surface area contributed by atoms with Gasteiger partial charge in [0, 0.05) is 41.7 Å². The minimum Gasteiger partial charge on any atom is -0.507 e. The lowest BCUT2D eigenvalue weighted by Gasteiger charge is -2.32. The topological polar surface area (TPSA) is 117 Å². The third-order valence-electron chi connectivity index (χ3n) is 4.67. The maximum absolute atomic E-state index is 10.3. The Morgan fingerprint density at radius 1 is 1.22 bits per heavy atom. The molecule has 142 valence electrons. The summed E-state index contributed by atoms with van der Waals surface area (Å²) in [4.78, 5) is 0. The van der Waals surface area contributed by atoms with E-state index in [4.69, 9.17) is 15.9 Å². The minimum atomic E-state index is 0.0534.